The van der Waals surface area contributed by atoms with E-state index in [-0.39, 0.29) is 0 Å². The molecule has 3 N–H and O–H groups in total. The van der Waals surface area contributed by atoms with Gasteiger partial charge in [0.2, 0.25) is 0 Å². The average molecular weight is 604 g/mol. The summed E-state index contributed by atoms with van der Waals surface area (Å²) in [6.45, 7) is 11.9. The second-order valence-electron chi connectivity index (χ2n) is 8.89. The second-order valence-corrected chi connectivity index (χ2v) is 30.6. The summed E-state index contributed by atoms with van der Waals surface area (Å²) in [5, 5.41) is 0. The summed E-state index contributed by atoms with van der Waals surface area (Å²) < 4.78 is 0.905. The van der Waals surface area contributed by atoms with Crippen LogP contribution in [0.5, 0.6) is 0 Å². The maximum atomic E-state index is 9.65. The van der Waals surface area contributed by atoms with E-state index in [0.717, 1.165) is 46.1 Å². The number of hydrogen-bond acceptors (Lipinski definition) is 10. The van der Waals surface area contributed by atoms with Crippen molar-refractivity contribution in [3.05, 3.63) is 0 Å². The minimum atomic E-state index is -1.83. The van der Waals surface area contributed by atoms with E-state index in [2.05, 4.69) is 0 Å². The van der Waals surface area contributed by atoms with Gasteiger partial charge in [0.25, 0.3) is 0 Å². The SMILES string of the molecule is CN(C)C(=S)SSSSCCC[Si](C)(C)O.C[Si](C)(O)CCSSCC[Si](C)(C)O. The van der Waals surface area contributed by atoms with E-state index in [4.69, 9.17) is 12.2 Å². The van der Waals surface area contributed by atoms with Crippen LogP contribution in [0.3, 0.4) is 0 Å². The third-order valence-corrected chi connectivity index (χ3v) is 18.1. The van der Waals surface area contributed by atoms with E-state index in [1.165, 1.54) is 0 Å². The Balaban J connectivity index is 0. The molecule has 4 nitrogen and oxygen atoms in total. The maximum absolute atomic E-state index is 9.65. The lowest BCUT2D eigenvalue weighted by atomic mass is 10.6. The number of thiocarbonyl (C=S) groups is 1. The van der Waals surface area contributed by atoms with E-state index in [1.807, 2.05) is 90.7 Å². The molecule has 0 aromatic rings. The molecule has 0 unspecified atom stereocenters. The molecule has 0 amide bonds. The number of rotatable bonds is 14. The first-order valence-corrected chi connectivity index (χ1v) is 27.1. The van der Waals surface area contributed by atoms with Gasteiger partial charge in [-0.25, -0.2) is 0 Å². The average Bonchev–Trinajstić information content (AvgIpc) is 2.54. The minimum absolute atomic E-state index is 0.905. The lowest BCUT2D eigenvalue weighted by Gasteiger charge is -2.14. The smallest absolute Gasteiger partial charge is 0.183 e. The van der Waals surface area contributed by atoms with Crippen molar-refractivity contribution >= 4 is 104 Å². The molecule has 14 heteroatoms. The fraction of sp³-hybridized carbons (Fsp3) is 0.938. The first-order chi connectivity index (χ1) is 13.5. The summed E-state index contributed by atoms with van der Waals surface area (Å²) in [7, 11) is 9.03. The van der Waals surface area contributed by atoms with Crippen molar-refractivity contribution in [1.82, 2.24) is 4.90 Å². The predicted molar refractivity (Wildman–Crippen MR) is 165 cm³/mol. The van der Waals surface area contributed by atoms with Gasteiger partial charge in [-0.05, 0) is 94.3 Å². The van der Waals surface area contributed by atoms with Gasteiger partial charge in [-0.1, -0.05) is 44.6 Å². The highest BCUT2D eigenvalue weighted by atomic mass is 33.7. The quantitative estimate of drug-likeness (QED) is 0.0844. The minimum Gasteiger partial charge on any atom is -0.432 e. The molecule has 0 heterocycles. The topological polar surface area (TPSA) is 63.9 Å². The van der Waals surface area contributed by atoms with E-state index in [0.29, 0.717) is 0 Å². The molecule has 0 saturated carbocycles. The molecule has 0 aromatic carbocycles. The van der Waals surface area contributed by atoms with Gasteiger partial charge in [0, 0.05) is 31.4 Å². The Hall–Kier alpha value is 2.52. The van der Waals surface area contributed by atoms with Crippen LogP contribution in [0, 0.1) is 0 Å². The van der Waals surface area contributed by atoms with Crippen LogP contribution in [0.15, 0.2) is 0 Å². The second kappa shape index (κ2) is 18.8. The summed E-state index contributed by atoms with van der Waals surface area (Å²) in [6, 6.07) is 2.92. The third-order valence-electron chi connectivity index (χ3n) is 3.24. The fourth-order valence-corrected chi connectivity index (χ4v) is 16.1. The van der Waals surface area contributed by atoms with Crippen LogP contribution >= 0.6 is 75.0 Å². The highest BCUT2D eigenvalue weighted by Gasteiger charge is 2.18. The van der Waals surface area contributed by atoms with Crippen LogP contribution in [0.2, 0.25) is 57.4 Å². The molecule has 0 rings (SSSR count). The molecule has 0 fully saturated rings. The Labute approximate surface area is 217 Å². The molecule has 0 atom stereocenters. The van der Waals surface area contributed by atoms with Gasteiger partial charge in [-0.2, -0.15) is 0 Å². The zero-order chi connectivity index (χ0) is 23.8. The molecular weight excluding hydrogens is 563 g/mol. The van der Waals surface area contributed by atoms with Crippen molar-refractivity contribution in [1.29, 1.82) is 0 Å². The highest BCUT2D eigenvalue weighted by molar-refractivity contribution is 9.27. The van der Waals surface area contributed by atoms with Crippen LogP contribution in [0.1, 0.15) is 6.42 Å². The van der Waals surface area contributed by atoms with E-state index < -0.39 is 25.0 Å². The van der Waals surface area contributed by atoms with Gasteiger partial charge >= 0.3 is 0 Å². The Morgan fingerprint density at radius 3 is 1.50 bits per heavy atom. The Morgan fingerprint density at radius 1 is 0.700 bits per heavy atom. The zero-order valence-electron chi connectivity index (χ0n) is 19.6. The van der Waals surface area contributed by atoms with Crippen LogP contribution < -0.4 is 0 Å². The standard InChI is InChI=1S/C8H19NOS5Si.C8H22O2S2Si2/c1-9(2)8(11)13-15-14-12-6-5-7-16(3,4)10;1-13(2,9)7-5-11-12-6-8-14(3,4)10/h10H,5-7H2,1-4H3;9-10H,5-8H2,1-4H3. The zero-order valence-corrected chi connectivity index (χ0v) is 28.3. The van der Waals surface area contributed by atoms with Gasteiger partial charge < -0.3 is 19.3 Å². The summed E-state index contributed by atoms with van der Waals surface area (Å²) >= 11 is 5.15. The van der Waals surface area contributed by atoms with Crippen LogP contribution in [0.25, 0.3) is 0 Å². The van der Waals surface area contributed by atoms with Gasteiger partial charge in [0.05, 0.1) is 0 Å². The summed E-state index contributed by atoms with van der Waals surface area (Å²) in [6.07, 6.45) is 1.11. The number of nitrogens with zero attached hydrogens (tertiary/aromatic N) is 1. The van der Waals surface area contributed by atoms with Crippen molar-refractivity contribution in [3.63, 3.8) is 0 Å². The highest BCUT2D eigenvalue weighted by Crippen LogP contribution is 2.44. The first-order valence-electron chi connectivity index (χ1n) is 9.79. The molecule has 0 saturated heterocycles. The normalized spacial score (nSPS) is 12.4. The van der Waals surface area contributed by atoms with E-state index in [9.17, 15) is 14.4 Å². The van der Waals surface area contributed by atoms with E-state index >= 15 is 0 Å². The maximum Gasteiger partial charge on any atom is 0.183 e. The number of hydrogen-bond donors (Lipinski definition) is 3. The Morgan fingerprint density at radius 2 is 1.13 bits per heavy atom. The summed E-state index contributed by atoms with van der Waals surface area (Å²) in [5.74, 6) is 3.17. The molecule has 0 aliphatic heterocycles. The summed E-state index contributed by atoms with van der Waals surface area (Å²) in [5.41, 5.74) is 0. The van der Waals surface area contributed by atoms with Crippen molar-refractivity contribution in [2.45, 2.75) is 63.8 Å². The molecule has 0 aliphatic rings. The van der Waals surface area contributed by atoms with E-state index in [1.54, 1.807) is 30.4 Å². The van der Waals surface area contributed by atoms with Crippen molar-refractivity contribution < 1.29 is 14.4 Å². The Kier molecular flexibility index (Phi) is 21.7. The lowest BCUT2D eigenvalue weighted by Crippen LogP contribution is -2.25. The van der Waals surface area contributed by atoms with Crippen LogP contribution in [0.4, 0.5) is 0 Å². The van der Waals surface area contributed by atoms with Crippen molar-refractivity contribution in [2.75, 3.05) is 31.4 Å². The molecule has 0 spiro atoms. The fourth-order valence-electron chi connectivity index (χ4n) is 1.44. The molecular formula is C16H41NO3S7Si3. The largest absolute Gasteiger partial charge is 0.432 e. The molecule has 30 heavy (non-hydrogen) atoms. The molecule has 0 aromatic heterocycles. The molecule has 0 bridgehead atoms. The first kappa shape index (κ1) is 34.7. The monoisotopic (exact) mass is 603 g/mol. The van der Waals surface area contributed by atoms with Gasteiger partial charge in [-0.15, -0.1) is 0 Å². The summed E-state index contributed by atoms with van der Waals surface area (Å²) in [4.78, 5) is 30.8. The molecule has 0 aliphatic carbocycles. The van der Waals surface area contributed by atoms with Crippen molar-refractivity contribution in [3.8, 4) is 0 Å². The predicted octanol–water partition coefficient (Wildman–Crippen LogP) is 6.86. The van der Waals surface area contributed by atoms with Gasteiger partial charge in [0.1, 0.15) is 4.32 Å². The molecule has 182 valence electrons. The molecule has 0 radical (unpaired) electrons. The van der Waals surface area contributed by atoms with Gasteiger partial charge in [0.15, 0.2) is 25.0 Å². The lowest BCUT2D eigenvalue weighted by molar-refractivity contribution is 0.546. The van der Waals surface area contributed by atoms with Gasteiger partial charge in [-0.3, -0.25) is 0 Å². The Bertz CT molecular complexity index is 427. The van der Waals surface area contributed by atoms with Crippen LogP contribution in [-0.4, -0.2) is 79.9 Å². The third kappa shape index (κ3) is 32.7. The van der Waals surface area contributed by atoms with Crippen LogP contribution in [-0.2, 0) is 0 Å². The van der Waals surface area contributed by atoms with Crippen molar-refractivity contribution in [2.24, 2.45) is 0 Å².